The Hall–Kier alpha value is -1.39. The lowest BCUT2D eigenvalue weighted by molar-refractivity contribution is -0.139. The summed E-state index contributed by atoms with van der Waals surface area (Å²) in [5, 5.41) is 9.02. The van der Waals surface area contributed by atoms with Crippen LogP contribution in [0.5, 0.6) is 0 Å². The van der Waals surface area contributed by atoms with Gasteiger partial charge in [-0.1, -0.05) is 31.2 Å². The zero-order valence-corrected chi connectivity index (χ0v) is 14.1. The molecule has 0 bridgehead atoms. The van der Waals surface area contributed by atoms with Crippen molar-refractivity contribution < 1.29 is 9.90 Å². The molecule has 3 rings (SSSR count). The first kappa shape index (κ1) is 16.5. The molecule has 0 aromatic heterocycles. The van der Waals surface area contributed by atoms with E-state index in [9.17, 15) is 4.79 Å². The van der Waals surface area contributed by atoms with Crippen LogP contribution in [0.4, 0.5) is 0 Å². The van der Waals surface area contributed by atoms with Gasteiger partial charge in [-0.15, -0.1) is 0 Å². The van der Waals surface area contributed by atoms with E-state index >= 15 is 0 Å². The molecule has 2 aliphatic rings. The van der Waals surface area contributed by atoms with Gasteiger partial charge < -0.3 is 5.11 Å². The first-order chi connectivity index (χ1) is 11.2. The van der Waals surface area contributed by atoms with Crippen molar-refractivity contribution in [3.05, 3.63) is 35.4 Å². The molecule has 1 aromatic rings. The Bertz CT molecular complexity index is 534. The minimum Gasteiger partial charge on any atom is -0.480 e. The van der Waals surface area contributed by atoms with Gasteiger partial charge >= 0.3 is 5.97 Å². The van der Waals surface area contributed by atoms with Crippen LogP contribution in [0.3, 0.4) is 0 Å². The van der Waals surface area contributed by atoms with Crippen LogP contribution in [0.25, 0.3) is 0 Å². The molecule has 0 atom stereocenters. The lowest BCUT2D eigenvalue weighted by Gasteiger charge is -2.37. The highest BCUT2D eigenvalue weighted by molar-refractivity contribution is 5.69. The highest BCUT2D eigenvalue weighted by atomic mass is 16.4. The number of hydrogen-bond donors (Lipinski definition) is 1. The van der Waals surface area contributed by atoms with Gasteiger partial charge in [-0.2, -0.15) is 0 Å². The number of likely N-dealkylation sites (N-methyl/N-ethyl adjacent to an activating group) is 1. The predicted octanol–water partition coefficient (Wildman–Crippen LogP) is 2.93. The largest absolute Gasteiger partial charge is 0.480 e. The van der Waals surface area contributed by atoms with E-state index in [2.05, 4.69) is 41.0 Å². The molecule has 0 amide bonds. The van der Waals surface area contributed by atoms with E-state index in [-0.39, 0.29) is 6.54 Å². The summed E-state index contributed by atoms with van der Waals surface area (Å²) in [6.45, 7) is 6.20. The first-order valence-corrected chi connectivity index (χ1v) is 8.92. The molecule has 23 heavy (non-hydrogen) atoms. The number of carbonyl (C=O) groups is 1. The SMILES string of the molecule is CCN(CC(=O)O)C1CCN(Cc2cccc(C3CC3)c2)CC1. The molecule has 0 spiro atoms. The van der Waals surface area contributed by atoms with Crippen molar-refractivity contribution >= 4 is 5.97 Å². The highest BCUT2D eigenvalue weighted by Gasteiger charge is 2.26. The summed E-state index contributed by atoms with van der Waals surface area (Å²) in [7, 11) is 0. The number of aliphatic carboxylic acids is 1. The third-order valence-corrected chi connectivity index (χ3v) is 5.22. The van der Waals surface area contributed by atoms with Gasteiger partial charge in [0, 0.05) is 12.6 Å². The van der Waals surface area contributed by atoms with Gasteiger partial charge in [-0.25, -0.2) is 0 Å². The van der Waals surface area contributed by atoms with E-state index in [1.165, 1.54) is 24.0 Å². The normalized spacial score (nSPS) is 20.1. The van der Waals surface area contributed by atoms with Crippen molar-refractivity contribution in [3.63, 3.8) is 0 Å². The Balaban J connectivity index is 1.50. The van der Waals surface area contributed by atoms with E-state index in [0.717, 1.165) is 44.9 Å². The van der Waals surface area contributed by atoms with Crippen molar-refractivity contribution in [1.29, 1.82) is 0 Å². The maximum absolute atomic E-state index is 11.0. The molecule has 1 N–H and O–H groups in total. The molecule has 1 aliphatic heterocycles. The van der Waals surface area contributed by atoms with Crippen molar-refractivity contribution in [2.45, 2.75) is 51.1 Å². The second-order valence-corrected chi connectivity index (χ2v) is 6.98. The molecule has 1 saturated heterocycles. The number of nitrogens with zero attached hydrogens (tertiary/aromatic N) is 2. The monoisotopic (exact) mass is 316 g/mol. The fourth-order valence-electron chi connectivity index (χ4n) is 3.74. The summed E-state index contributed by atoms with van der Waals surface area (Å²) in [5.74, 6) is 0.0981. The average molecular weight is 316 g/mol. The summed E-state index contributed by atoms with van der Waals surface area (Å²) < 4.78 is 0. The fourth-order valence-corrected chi connectivity index (χ4v) is 3.74. The lowest BCUT2D eigenvalue weighted by atomic mass is 10.0. The number of benzene rings is 1. The molecule has 1 aromatic carbocycles. The summed E-state index contributed by atoms with van der Waals surface area (Å²) in [4.78, 5) is 15.6. The second-order valence-electron chi connectivity index (χ2n) is 6.98. The molecule has 0 unspecified atom stereocenters. The van der Waals surface area contributed by atoms with Crippen LogP contribution in [-0.4, -0.2) is 53.1 Å². The van der Waals surface area contributed by atoms with Gasteiger partial charge in [0.2, 0.25) is 0 Å². The van der Waals surface area contributed by atoms with E-state index < -0.39 is 5.97 Å². The smallest absolute Gasteiger partial charge is 0.317 e. The fraction of sp³-hybridized carbons (Fsp3) is 0.632. The van der Waals surface area contributed by atoms with Gasteiger partial charge in [-0.05, 0) is 62.4 Å². The highest BCUT2D eigenvalue weighted by Crippen LogP contribution is 2.40. The van der Waals surface area contributed by atoms with Gasteiger partial charge in [0.05, 0.1) is 6.54 Å². The van der Waals surface area contributed by atoms with Gasteiger partial charge in [0.25, 0.3) is 0 Å². The molecule has 4 heteroatoms. The first-order valence-electron chi connectivity index (χ1n) is 8.92. The molecular formula is C19H28N2O2. The maximum Gasteiger partial charge on any atom is 0.317 e. The number of carboxylic acid groups (broad SMARTS) is 1. The van der Waals surface area contributed by atoms with Crippen LogP contribution >= 0.6 is 0 Å². The Kier molecular flexibility index (Phi) is 5.34. The van der Waals surface area contributed by atoms with E-state index in [1.807, 2.05) is 0 Å². The van der Waals surface area contributed by atoms with Crippen LogP contribution < -0.4 is 0 Å². The zero-order valence-electron chi connectivity index (χ0n) is 14.1. The van der Waals surface area contributed by atoms with Crippen molar-refractivity contribution in [2.75, 3.05) is 26.2 Å². The third kappa shape index (κ3) is 4.55. The number of rotatable bonds is 7. The summed E-state index contributed by atoms with van der Waals surface area (Å²) in [6, 6.07) is 9.50. The van der Waals surface area contributed by atoms with Gasteiger partial charge in [0.1, 0.15) is 0 Å². The third-order valence-electron chi connectivity index (χ3n) is 5.22. The Morgan fingerprint density at radius 1 is 1.26 bits per heavy atom. The van der Waals surface area contributed by atoms with Crippen LogP contribution in [0.15, 0.2) is 24.3 Å². The van der Waals surface area contributed by atoms with E-state index in [1.54, 1.807) is 0 Å². The topological polar surface area (TPSA) is 43.8 Å². The van der Waals surface area contributed by atoms with Gasteiger partial charge in [0.15, 0.2) is 0 Å². The second kappa shape index (κ2) is 7.45. The van der Waals surface area contributed by atoms with Crippen LogP contribution in [0.2, 0.25) is 0 Å². The molecule has 1 heterocycles. The molecule has 1 saturated carbocycles. The molecule has 1 aliphatic carbocycles. The molecule has 126 valence electrons. The standard InChI is InChI=1S/C19H28N2O2/c1-2-21(14-19(22)23)18-8-10-20(11-9-18)13-15-4-3-5-17(12-15)16-6-7-16/h3-5,12,16,18H,2,6-11,13-14H2,1H3,(H,22,23). The summed E-state index contributed by atoms with van der Waals surface area (Å²) in [5.41, 5.74) is 2.93. The van der Waals surface area contributed by atoms with Gasteiger partial charge in [-0.3, -0.25) is 14.6 Å². The molecule has 4 nitrogen and oxygen atoms in total. The van der Waals surface area contributed by atoms with Crippen LogP contribution in [0, 0.1) is 0 Å². The van der Waals surface area contributed by atoms with Crippen LogP contribution in [0.1, 0.15) is 49.7 Å². The zero-order chi connectivity index (χ0) is 16.2. The summed E-state index contributed by atoms with van der Waals surface area (Å²) >= 11 is 0. The number of carboxylic acids is 1. The van der Waals surface area contributed by atoms with E-state index in [4.69, 9.17) is 5.11 Å². The minimum atomic E-state index is -0.717. The molecule has 2 fully saturated rings. The Labute approximate surface area is 139 Å². The number of hydrogen-bond acceptors (Lipinski definition) is 3. The molecular weight excluding hydrogens is 288 g/mol. The Morgan fingerprint density at radius 2 is 2.00 bits per heavy atom. The van der Waals surface area contributed by atoms with E-state index in [0.29, 0.717) is 6.04 Å². The Morgan fingerprint density at radius 3 is 2.61 bits per heavy atom. The molecule has 0 radical (unpaired) electrons. The van der Waals surface area contributed by atoms with Crippen molar-refractivity contribution in [1.82, 2.24) is 9.80 Å². The lowest BCUT2D eigenvalue weighted by Crippen LogP contribution is -2.46. The minimum absolute atomic E-state index is 0.171. The van der Waals surface area contributed by atoms with Crippen molar-refractivity contribution in [2.24, 2.45) is 0 Å². The summed E-state index contributed by atoms with van der Waals surface area (Å²) in [6.07, 6.45) is 4.85. The average Bonchev–Trinajstić information content (AvgIpc) is 3.38. The number of piperidine rings is 1. The quantitative estimate of drug-likeness (QED) is 0.840. The van der Waals surface area contributed by atoms with Crippen molar-refractivity contribution in [3.8, 4) is 0 Å². The predicted molar refractivity (Wildman–Crippen MR) is 91.6 cm³/mol. The number of likely N-dealkylation sites (tertiary alicyclic amines) is 1. The maximum atomic E-state index is 11.0. The van der Waals surface area contributed by atoms with Crippen LogP contribution in [-0.2, 0) is 11.3 Å².